The fraction of sp³-hybridized carbons (Fsp3) is 0.286. The standard InChI is InChI=1S/C14H15BrN2OS/c1-9(12-5-3-4-6-13(12)15)16-14(18)7-11-8-19-10(2)17-11/h3-6,8-9H,7H2,1-2H3,(H,16,18). The summed E-state index contributed by atoms with van der Waals surface area (Å²) in [5, 5.41) is 5.91. The number of rotatable bonds is 4. The van der Waals surface area contributed by atoms with Crippen LogP contribution in [0.1, 0.15) is 29.2 Å². The third kappa shape index (κ3) is 3.88. The molecule has 0 aliphatic heterocycles. The van der Waals surface area contributed by atoms with Crippen LogP contribution in [0.5, 0.6) is 0 Å². The Labute approximate surface area is 125 Å². The van der Waals surface area contributed by atoms with E-state index in [4.69, 9.17) is 0 Å². The fourth-order valence-corrected chi connectivity index (χ4v) is 3.09. The molecule has 1 aromatic carbocycles. The first-order valence-corrected chi connectivity index (χ1v) is 7.68. The summed E-state index contributed by atoms with van der Waals surface area (Å²) in [4.78, 5) is 16.3. The van der Waals surface area contributed by atoms with Gasteiger partial charge in [-0.1, -0.05) is 34.1 Å². The lowest BCUT2D eigenvalue weighted by molar-refractivity contribution is -0.121. The number of halogens is 1. The molecule has 0 bridgehead atoms. The maximum absolute atomic E-state index is 12.0. The SMILES string of the molecule is Cc1nc(CC(=O)NC(C)c2ccccc2Br)cs1. The van der Waals surface area contributed by atoms with E-state index in [9.17, 15) is 4.79 Å². The average molecular weight is 339 g/mol. The van der Waals surface area contributed by atoms with Crippen LogP contribution >= 0.6 is 27.3 Å². The lowest BCUT2D eigenvalue weighted by Gasteiger charge is -2.15. The molecule has 19 heavy (non-hydrogen) atoms. The van der Waals surface area contributed by atoms with Crippen molar-refractivity contribution in [2.75, 3.05) is 0 Å². The van der Waals surface area contributed by atoms with Crippen molar-refractivity contribution in [3.63, 3.8) is 0 Å². The number of amides is 1. The minimum absolute atomic E-state index is 0.00597. The summed E-state index contributed by atoms with van der Waals surface area (Å²) < 4.78 is 1.01. The Balaban J connectivity index is 1.97. The predicted octanol–water partition coefficient (Wildman–Crippen LogP) is 3.63. The number of carbonyl (C=O) groups excluding carboxylic acids is 1. The molecule has 3 nitrogen and oxygen atoms in total. The van der Waals surface area contributed by atoms with Gasteiger partial charge in [0.25, 0.3) is 0 Å². The van der Waals surface area contributed by atoms with Crippen LogP contribution < -0.4 is 5.32 Å². The molecule has 1 heterocycles. The third-order valence-electron chi connectivity index (χ3n) is 2.76. The molecule has 1 atom stereocenters. The summed E-state index contributed by atoms with van der Waals surface area (Å²) in [7, 11) is 0. The van der Waals surface area contributed by atoms with E-state index < -0.39 is 0 Å². The first-order valence-electron chi connectivity index (χ1n) is 6.01. The smallest absolute Gasteiger partial charge is 0.226 e. The van der Waals surface area contributed by atoms with Crippen molar-refractivity contribution in [3.8, 4) is 0 Å². The van der Waals surface area contributed by atoms with Gasteiger partial charge in [-0.25, -0.2) is 4.98 Å². The van der Waals surface area contributed by atoms with Crippen molar-refractivity contribution < 1.29 is 4.79 Å². The van der Waals surface area contributed by atoms with E-state index in [0.29, 0.717) is 6.42 Å². The molecule has 1 amide bonds. The number of aryl methyl sites for hydroxylation is 1. The van der Waals surface area contributed by atoms with Gasteiger partial charge in [-0.05, 0) is 25.5 Å². The Hall–Kier alpha value is -1.20. The Kier molecular flexibility index (Phi) is 4.71. The van der Waals surface area contributed by atoms with Gasteiger partial charge in [-0.2, -0.15) is 0 Å². The summed E-state index contributed by atoms with van der Waals surface area (Å²) in [5.74, 6) is -0.00597. The molecule has 1 N–H and O–H groups in total. The number of benzene rings is 1. The first-order chi connectivity index (χ1) is 9.06. The topological polar surface area (TPSA) is 42.0 Å². The van der Waals surface area contributed by atoms with E-state index >= 15 is 0 Å². The number of aromatic nitrogens is 1. The van der Waals surface area contributed by atoms with Crippen LogP contribution in [-0.2, 0) is 11.2 Å². The average Bonchev–Trinajstić information content (AvgIpc) is 2.74. The summed E-state index contributed by atoms with van der Waals surface area (Å²) in [6, 6.07) is 7.87. The summed E-state index contributed by atoms with van der Waals surface area (Å²) >= 11 is 5.06. The Morgan fingerprint density at radius 1 is 1.47 bits per heavy atom. The van der Waals surface area contributed by atoms with Crippen LogP contribution in [0.2, 0.25) is 0 Å². The lowest BCUT2D eigenvalue weighted by atomic mass is 10.1. The molecule has 0 saturated heterocycles. The zero-order valence-electron chi connectivity index (χ0n) is 10.8. The molecule has 0 fully saturated rings. The second-order valence-electron chi connectivity index (χ2n) is 4.35. The van der Waals surface area contributed by atoms with E-state index in [1.165, 1.54) is 0 Å². The number of thiazole rings is 1. The molecule has 100 valence electrons. The van der Waals surface area contributed by atoms with E-state index in [2.05, 4.69) is 26.2 Å². The summed E-state index contributed by atoms with van der Waals surface area (Å²) in [5.41, 5.74) is 1.91. The molecule has 0 aliphatic rings. The quantitative estimate of drug-likeness (QED) is 0.924. The molecule has 2 rings (SSSR count). The summed E-state index contributed by atoms with van der Waals surface area (Å²) in [6.45, 7) is 3.92. The molecule has 2 aromatic rings. The number of hydrogen-bond donors (Lipinski definition) is 1. The minimum atomic E-state index is -0.0252. The van der Waals surface area contributed by atoms with E-state index in [0.717, 1.165) is 20.7 Å². The van der Waals surface area contributed by atoms with Crippen molar-refractivity contribution in [2.24, 2.45) is 0 Å². The van der Waals surface area contributed by atoms with Crippen molar-refractivity contribution in [1.82, 2.24) is 10.3 Å². The van der Waals surface area contributed by atoms with Crippen LogP contribution in [-0.4, -0.2) is 10.9 Å². The molecule has 0 saturated carbocycles. The molecule has 5 heteroatoms. The molecule has 0 spiro atoms. The van der Waals surface area contributed by atoms with Gasteiger partial charge in [-0.15, -0.1) is 11.3 Å². The van der Waals surface area contributed by atoms with Gasteiger partial charge >= 0.3 is 0 Å². The number of nitrogens with one attached hydrogen (secondary N) is 1. The Morgan fingerprint density at radius 2 is 2.21 bits per heavy atom. The zero-order chi connectivity index (χ0) is 13.8. The van der Waals surface area contributed by atoms with Crippen LogP contribution in [0.4, 0.5) is 0 Å². The molecule has 0 radical (unpaired) electrons. The molecular weight excluding hydrogens is 324 g/mol. The first kappa shape index (κ1) is 14.2. The Bertz CT molecular complexity index is 582. The highest BCUT2D eigenvalue weighted by Gasteiger charge is 2.13. The highest BCUT2D eigenvalue weighted by atomic mass is 79.9. The maximum atomic E-state index is 12.0. The second-order valence-corrected chi connectivity index (χ2v) is 6.26. The van der Waals surface area contributed by atoms with E-state index in [1.54, 1.807) is 11.3 Å². The van der Waals surface area contributed by atoms with Gasteiger partial charge in [0.05, 0.1) is 23.2 Å². The third-order valence-corrected chi connectivity index (χ3v) is 4.30. The molecule has 1 unspecified atom stereocenters. The number of hydrogen-bond acceptors (Lipinski definition) is 3. The minimum Gasteiger partial charge on any atom is -0.349 e. The highest BCUT2D eigenvalue weighted by molar-refractivity contribution is 9.10. The second kappa shape index (κ2) is 6.30. The van der Waals surface area contributed by atoms with E-state index in [-0.39, 0.29) is 11.9 Å². The van der Waals surface area contributed by atoms with Crippen molar-refractivity contribution in [3.05, 3.63) is 50.4 Å². The molecular formula is C14H15BrN2OS. The van der Waals surface area contributed by atoms with Crippen molar-refractivity contribution in [2.45, 2.75) is 26.3 Å². The van der Waals surface area contributed by atoms with Crippen molar-refractivity contribution in [1.29, 1.82) is 0 Å². The zero-order valence-corrected chi connectivity index (χ0v) is 13.2. The van der Waals surface area contributed by atoms with Gasteiger partial charge in [0.2, 0.25) is 5.91 Å². The normalized spacial score (nSPS) is 12.2. The van der Waals surface area contributed by atoms with Gasteiger partial charge < -0.3 is 5.32 Å². The van der Waals surface area contributed by atoms with Gasteiger partial charge in [0.15, 0.2) is 0 Å². The van der Waals surface area contributed by atoms with Gasteiger partial charge in [-0.3, -0.25) is 4.79 Å². The van der Waals surface area contributed by atoms with Crippen LogP contribution in [0.15, 0.2) is 34.1 Å². The largest absolute Gasteiger partial charge is 0.349 e. The number of nitrogens with zero attached hydrogens (tertiary/aromatic N) is 1. The molecule has 0 aliphatic carbocycles. The summed E-state index contributed by atoms with van der Waals surface area (Å²) in [6.07, 6.45) is 0.332. The number of carbonyl (C=O) groups is 1. The Morgan fingerprint density at radius 3 is 2.84 bits per heavy atom. The lowest BCUT2D eigenvalue weighted by Crippen LogP contribution is -2.28. The predicted molar refractivity (Wildman–Crippen MR) is 81.3 cm³/mol. The van der Waals surface area contributed by atoms with Crippen LogP contribution in [0.3, 0.4) is 0 Å². The van der Waals surface area contributed by atoms with Gasteiger partial charge in [0.1, 0.15) is 0 Å². The monoisotopic (exact) mass is 338 g/mol. The van der Waals surface area contributed by atoms with E-state index in [1.807, 2.05) is 43.5 Å². The highest BCUT2D eigenvalue weighted by Crippen LogP contribution is 2.22. The fourth-order valence-electron chi connectivity index (χ4n) is 1.85. The van der Waals surface area contributed by atoms with Crippen molar-refractivity contribution >= 4 is 33.2 Å². The maximum Gasteiger partial charge on any atom is 0.226 e. The molecule has 1 aromatic heterocycles. The van der Waals surface area contributed by atoms with Crippen LogP contribution in [0.25, 0.3) is 0 Å². The van der Waals surface area contributed by atoms with Crippen LogP contribution in [0, 0.1) is 6.92 Å². The van der Waals surface area contributed by atoms with Gasteiger partial charge in [0, 0.05) is 9.85 Å².